The van der Waals surface area contributed by atoms with Gasteiger partial charge in [-0.15, -0.1) is 11.3 Å². The third kappa shape index (κ3) is 5.86. The van der Waals surface area contributed by atoms with Crippen LogP contribution in [-0.4, -0.2) is 35.6 Å². The SMILES string of the molecule is Cc1csc(NC(=O)CC2CCN(C(=O)OC(C)(C)C)CC2)c1. The second kappa shape index (κ2) is 7.34. The fraction of sp³-hybridized carbons (Fsp3) is 0.647. The molecular weight excluding hydrogens is 312 g/mol. The van der Waals surface area contributed by atoms with Crippen molar-refractivity contribution in [3.05, 3.63) is 17.0 Å². The molecule has 0 radical (unpaired) electrons. The summed E-state index contributed by atoms with van der Waals surface area (Å²) in [6.45, 7) is 8.94. The zero-order valence-electron chi connectivity index (χ0n) is 14.3. The Morgan fingerprint density at radius 2 is 2.00 bits per heavy atom. The van der Waals surface area contributed by atoms with Gasteiger partial charge in [-0.2, -0.15) is 0 Å². The number of carbonyl (C=O) groups excluding carboxylic acids is 2. The number of hydrogen-bond donors (Lipinski definition) is 1. The van der Waals surface area contributed by atoms with Gasteiger partial charge in [0.05, 0.1) is 5.00 Å². The highest BCUT2D eigenvalue weighted by molar-refractivity contribution is 7.14. The highest BCUT2D eigenvalue weighted by Gasteiger charge is 2.27. The van der Waals surface area contributed by atoms with Crippen molar-refractivity contribution in [3.8, 4) is 0 Å². The number of ether oxygens (including phenoxy) is 1. The van der Waals surface area contributed by atoms with E-state index >= 15 is 0 Å². The molecule has 1 N–H and O–H groups in total. The number of nitrogens with zero attached hydrogens (tertiary/aromatic N) is 1. The molecule has 2 heterocycles. The van der Waals surface area contributed by atoms with Crippen LogP contribution in [0.3, 0.4) is 0 Å². The number of nitrogens with one attached hydrogen (secondary N) is 1. The van der Waals surface area contributed by atoms with Crippen LogP contribution in [-0.2, 0) is 9.53 Å². The van der Waals surface area contributed by atoms with Crippen molar-refractivity contribution in [1.82, 2.24) is 4.90 Å². The van der Waals surface area contributed by atoms with Gasteiger partial charge in [0.2, 0.25) is 5.91 Å². The van der Waals surface area contributed by atoms with Gasteiger partial charge in [0.25, 0.3) is 0 Å². The van der Waals surface area contributed by atoms with E-state index in [1.165, 1.54) is 0 Å². The van der Waals surface area contributed by atoms with Crippen LogP contribution < -0.4 is 5.32 Å². The fourth-order valence-corrected chi connectivity index (χ4v) is 3.40. The van der Waals surface area contributed by atoms with Crippen LogP contribution in [0.5, 0.6) is 0 Å². The number of amides is 2. The number of thiophene rings is 1. The summed E-state index contributed by atoms with van der Waals surface area (Å²) >= 11 is 1.55. The Hall–Kier alpha value is -1.56. The molecule has 128 valence electrons. The van der Waals surface area contributed by atoms with Crippen LogP contribution >= 0.6 is 11.3 Å². The van der Waals surface area contributed by atoms with Crippen molar-refractivity contribution >= 4 is 28.3 Å². The molecule has 0 atom stereocenters. The second-order valence-corrected chi connectivity index (χ2v) is 8.06. The summed E-state index contributed by atoms with van der Waals surface area (Å²) in [7, 11) is 0. The zero-order valence-corrected chi connectivity index (χ0v) is 15.2. The van der Waals surface area contributed by atoms with E-state index in [2.05, 4.69) is 5.32 Å². The average Bonchev–Trinajstić information content (AvgIpc) is 2.82. The molecule has 1 aromatic heterocycles. The Morgan fingerprint density at radius 3 is 2.52 bits per heavy atom. The Bertz CT molecular complexity index is 554. The molecular formula is C17H26N2O3S. The lowest BCUT2D eigenvalue weighted by Gasteiger charge is -2.33. The highest BCUT2D eigenvalue weighted by Crippen LogP contribution is 2.24. The van der Waals surface area contributed by atoms with Gasteiger partial charge in [0, 0.05) is 19.5 Å². The first-order valence-corrected chi connectivity index (χ1v) is 8.94. The van der Waals surface area contributed by atoms with E-state index in [0.29, 0.717) is 25.4 Å². The molecule has 0 aliphatic carbocycles. The number of carbonyl (C=O) groups is 2. The summed E-state index contributed by atoms with van der Waals surface area (Å²) in [5.41, 5.74) is 0.697. The van der Waals surface area contributed by atoms with E-state index in [-0.39, 0.29) is 12.0 Å². The van der Waals surface area contributed by atoms with E-state index in [1.807, 2.05) is 39.1 Å². The molecule has 2 rings (SSSR count). The molecule has 0 aromatic carbocycles. The highest BCUT2D eigenvalue weighted by atomic mass is 32.1. The van der Waals surface area contributed by atoms with Crippen LogP contribution in [0.15, 0.2) is 11.4 Å². The molecule has 1 aliphatic rings. The topological polar surface area (TPSA) is 58.6 Å². The number of likely N-dealkylation sites (tertiary alicyclic amines) is 1. The van der Waals surface area contributed by atoms with Crippen molar-refractivity contribution in [2.45, 2.75) is 52.6 Å². The first kappa shape index (κ1) is 17.8. The summed E-state index contributed by atoms with van der Waals surface area (Å²) in [4.78, 5) is 25.8. The van der Waals surface area contributed by atoms with Crippen molar-refractivity contribution in [2.75, 3.05) is 18.4 Å². The maximum atomic E-state index is 12.1. The van der Waals surface area contributed by atoms with Gasteiger partial charge >= 0.3 is 6.09 Å². The smallest absolute Gasteiger partial charge is 0.410 e. The van der Waals surface area contributed by atoms with E-state index < -0.39 is 5.60 Å². The first-order chi connectivity index (χ1) is 10.7. The van der Waals surface area contributed by atoms with Crippen molar-refractivity contribution in [1.29, 1.82) is 0 Å². The minimum absolute atomic E-state index is 0.0579. The van der Waals surface area contributed by atoms with Gasteiger partial charge < -0.3 is 15.0 Å². The molecule has 0 saturated carbocycles. The quantitative estimate of drug-likeness (QED) is 0.905. The molecule has 0 bridgehead atoms. The van der Waals surface area contributed by atoms with E-state index in [9.17, 15) is 9.59 Å². The van der Waals surface area contributed by atoms with Crippen molar-refractivity contribution in [2.24, 2.45) is 5.92 Å². The molecule has 2 amide bonds. The number of piperidine rings is 1. The number of aryl methyl sites for hydroxylation is 1. The third-order valence-electron chi connectivity index (χ3n) is 3.73. The molecule has 6 heteroatoms. The minimum Gasteiger partial charge on any atom is -0.444 e. The number of rotatable bonds is 3. The monoisotopic (exact) mass is 338 g/mol. The molecule has 1 aromatic rings. The maximum absolute atomic E-state index is 12.1. The van der Waals surface area contributed by atoms with Crippen LogP contribution in [0, 0.1) is 12.8 Å². The summed E-state index contributed by atoms with van der Waals surface area (Å²) in [5, 5.41) is 5.87. The molecule has 1 aliphatic heterocycles. The molecule has 0 spiro atoms. The van der Waals surface area contributed by atoms with Gasteiger partial charge in [-0.25, -0.2) is 4.79 Å². The van der Waals surface area contributed by atoms with Crippen LogP contribution in [0.2, 0.25) is 0 Å². The predicted molar refractivity (Wildman–Crippen MR) is 92.8 cm³/mol. The van der Waals surface area contributed by atoms with Crippen LogP contribution in [0.25, 0.3) is 0 Å². The largest absolute Gasteiger partial charge is 0.444 e. The second-order valence-electron chi connectivity index (χ2n) is 7.15. The molecule has 1 saturated heterocycles. The standard InChI is InChI=1S/C17H26N2O3S/c1-12-9-15(23-11-12)18-14(20)10-13-5-7-19(8-6-13)16(21)22-17(2,3)4/h9,11,13H,5-8,10H2,1-4H3,(H,18,20). The van der Waals surface area contributed by atoms with Gasteiger partial charge in [-0.3, -0.25) is 4.79 Å². The summed E-state index contributed by atoms with van der Waals surface area (Å²) in [6.07, 6.45) is 1.94. The van der Waals surface area contributed by atoms with E-state index in [4.69, 9.17) is 4.74 Å². The van der Waals surface area contributed by atoms with Crippen molar-refractivity contribution in [3.63, 3.8) is 0 Å². The summed E-state index contributed by atoms with van der Waals surface area (Å²) in [5.74, 6) is 0.386. The normalized spacial score (nSPS) is 16.3. The lowest BCUT2D eigenvalue weighted by atomic mass is 9.93. The molecule has 1 fully saturated rings. The average molecular weight is 338 g/mol. The summed E-state index contributed by atoms with van der Waals surface area (Å²) in [6, 6.07) is 1.98. The van der Waals surface area contributed by atoms with Crippen LogP contribution in [0.1, 0.15) is 45.6 Å². The van der Waals surface area contributed by atoms with Gasteiger partial charge in [-0.1, -0.05) is 0 Å². The van der Waals surface area contributed by atoms with E-state index in [1.54, 1.807) is 16.2 Å². The fourth-order valence-electron chi connectivity index (χ4n) is 2.59. The van der Waals surface area contributed by atoms with Crippen molar-refractivity contribution < 1.29 is 14.3 Å². The first-order valence-electron chi connectivity index (χ1n) is 8.06. The summed E-state index contributed by atoms with van der Waals surface area (Å²) < 4.78 is 5.38. The van der Waals surface area contributed by atoms with Gasteiger partial charge in [-0.05, 0) is 63.5 Å². The van der Waals surface area contributed by atoms with E-state index in [0.717, 1.165) is 23.4 Å². The Kier molecular flexibility index (Phi) is 5.68. The van der Waals surface area contributed by atoms with Gasteiger partial charge in [0.15, 0.2) is 0 Å². The maximum Gasteiger partial charge on any atom is 0.410 e. The molecule has 23 heavy (non-hydrogen) atoms. The minimum atomic E-state index is -0.466. The Morgan fingerprint density at radius 1 is 1.35 bits per heavy atom. The molecule has 5 nitrogen and oxygen atoms in total. The molecule has 0 unspecified atom stereocenters. The lowest BCUT2D eigenvalue weighted by Crippen LogP contribution is -2.42. The Labute approximate surface area is 142 Å². The third-order valence-corrected chi connectivity index (χ3v) is 4.70. The Balaban J connectivity index is 1.74. The lowest BCUT2D eigenvalue weighted by molar-refractivity contribution is -0.117. The van der Waals surface area contributed by atoms with Crippen LogP contribution in [0.4, 0.5) is 9.80 Å². The number of hydrogen-bond acceptors (Lipinski definition) is 4. The zero-order chi connectivity index (χ0) is 17.0. The number of anilines is 1. The predicted octanol–water partition coefficient (Wildman–Crippen LogP) is 4.03. The van der Waals surface area contributed by atoms with Gasteiger partial charge in [0.1, 0.15) is 5.60 Å².